The van der Waals surface area contributed by atoms with Gasteiger partial charge in [-0.1, -0.05) is 35.5 Å². The monoisotopic (exact) mass is 351 g/mol. The highest BCUT2D eigenvalue weighted by Gasteiger charge is 2.33. The Balaban J connectivity index is 1.60. The molecule has 7 heteroatoms. The summed E-state index contributed by atoms with van der Waals surface area (Å²) in [6.45, 7) is 3.42. The van der Waals surface area contributed by atoms with Crippen LogP contribution in [0.4, 0.5) is 0 Å². The molecular weight excluding hydrogens is 330 g/mol. The SMILES string of the molecule is CCn1cc(C(=O)N2CCCCC2c2nc(-c3ccccc3)no2)cn1. The Kier molecular flexibility index (Phi) is 4.51. The van der Waals surface area contributed by atoms with Gasteiger partial charge in [0.1, 0.15) is 6.04 Å². The fourth-order valence-electron chi connectivity index (χ4n) is 3.32. The molecule has 1 saturated heterocycles. The van der Waals surface area contributed by atoms with E-state index in [1.807, 2.05) is 42.2 Å². The minimum atomic E-state index is -0.189. The fourth-order valence-corrected chi connectivity index (χ4v) is 3.32. The van der Waals surface area contributed by atoms with Crippen molar-refractivity contribution < 1.29 is 9.32 Å². The third-order valence-electron chi connectivity index (χ3n) is 4.73. The summed E-state index contributed by atoms with van der Waals surface area (Å²) in [5.41, 5.74) is 1.50. The molecule has 0 spiro atoms. The zero-order valence-corrected chi connectivity index (χ0v) is 14.7. The second-order valence-electron chi connectivity index (χ2n) is 6.42. The van der Waals surface area contributed by atoms with Gasteiger partial charge in [-0.15, -0.1) is 0 Å². The maximum Gasteiger partial charge on any atom is 0.257 e. The number of hydrogen-bond acceptors (Lipinski definition) is 5. The highest BCUT2D eigenvalue weighted by Crippen LogP contribution is 2.32. The predicted molar refractivity (Wildman–Crippen MR) is 95.3 cm³/mol. The first-order chi connectivity index (χ1) is 12.8. The van der Waals surface area contributed by atoms with E-state index in [-0.39, 0.29) is 11.9 Å². The first kappa shape index (κ1) is 16.5. The molecule has 1 aromatic carbocycles. The van der Waals surface area contributed by atoms with Crippen LogP contribution in [-0.2, 0) is 6.54 Å². The van der Waals surface area contributed by atoms with Gasteiger partial charge in [0.2, 0.25) is 11.7 Å². The molecule has 1 unspecified atom stereocenters. The van der Waals surface area contributed by atoms with Crippen LogP contribution in [0.15, 0.2) is 47.2 Å². The number of nitrogens with zero attached hydrogens (tertiary/aromatic N) is 5. The molecule has 1 fully saturated rings. The van der Waals surface area contributed by atoms with Gasteiger partial charge in [0, 0.05) is 24.8 Å². The van der Waals surface area contributed by atoms with E-state index < -0.39 is 0 Å². The van der Waals surface area contributed by atoms with Crippen molar-refractivity contribution in [1.82, 2.24) is 24.8 Å². The number of carbonyl (C=O) groups is 1. The summed E-state index contributed by atoms with van der Waals surface area (Å²) in [6, 6.07) is 9.52. The summed E-state index contributed by atoms with van der Waals surface area (Å²) in [5, 5.41) is 8.31. The molecule has 0 N–H and O–H groups in total. The van der Waals surface area contributed by atoms with Crippen molar-refractivity contribution >= 4 is 5.91 Å². The van der Waals surface area contributed by atoms with Crippen LogP contribution in [0.3, 0.4) is 0 Å². The predicted octanol–water partition coefficient (Wildman–Crippen LogP) is 3.32. The molecule has 26 heavy (non-hydrogen) atoms. The first-order valence-corrected chi connectivity index (χ1v) is 8.98. The molecule has 1 amide bonds. The van der Waals surface area contributed by atoms with Crippen molar-refractivity contribution in [1.29, 1.82) is 0 Å². The second kappa shape index (κ2) is 7.11. The number of rotatable bonds is 4. The van der Waals surface area contributed by atoms with Gasteiger partial charge in [-0.05, 0) is 26.2 Å². The molecule has 1 atom stereocenters. The lowest BCUT2D eigenvalue weighted by molar-refractivity contribution is 0.0561. The van der Waals surface area contributed by atoms with Crippen LogP contribution in [0.5, 0.6) is 0 Å². The summed E-state index contributed by atoms with van der Waals surface area (Å²) in [4.78, 5) is 19.4. The zero-order chi connectivity index (χ0) is 17.9. The van der Waals surface area contributed by atoms with Crippen molar-refractivity contribution in [3.05, 3.63) is 54.2 Å². The van der Waals surface area contributed by atoms with Crippen LogP contribution in [-0.4, -0.2) is 37.3 Å². The maximum absolute atomic E-state index is 13.0. The minimum Gasteiger partial charge on any atom is -0.337 e. The van der Waals surface area contributed by atoms with Gasteiger partial charge < -0.3 is 9.42 Å². The van der Waals surface area contributed by atoms with Gasteiger partial charge in [-0.3, -0.25) is 9.48 Å². The Bertz CT molecular complexity index is 886. The van der Waals surface area contributed by atoms with E-state index in [9.17, 15) is 4.79 Å². The molecule has 0 aliphatic carbocycles. The van der Waals surface area contributed by atoms with Gasteiger partial charge >= 0.3 is 0 Å². The van der Waals surface area contributed by atoms with E-state index in [0.29, 0.717) is 23.8 Å². The van der Waals surface area contributed by atoms with E-state index in [1.165, 1.54) is 0 Å². The fraction of sp³-hybridized carbons (Fsp3) is 0.368. The summed E-state index contributed by atoms with van der Waals surface area (Å²) < 4.78 is 7.28. The highest BCUT2D eigenvalue weighted by molar-refractivity contribution is 5.94. The number of piperidine rings is 1. The number of carbonyl (C=O) groups excluding carboxylic acids is 1. The molecule has 3 heterocycles. The molecule has 0 radical (unpaired) electrons. The van der Waals surface area contributed by atoms with Crippen LogP contribution >= 0.6 is 0 Å². The number of aryl methyl sites for hydroxylation is 1. The van der Waals surface area contributed by atoms with Crippen LogP contribution in [0.2, 0.25) is 0 Å². The smallest absolute Gasteiger partial charge is 0.257 e. The van der Waals surface area contributed by atoms with Crippen LogP contribution in [0, 0.1) is 0 Å². The number of aromatic nitrogens is 4. The Morgan fingerprint density at radius 1 is 1.27 bits per heavy atom. The molecule has 1 aliphatic heterocycles. The molecule has 1 aliphatic rings. The number of amides is 1. The number of likely N-dealkylation sites (tertiary alicyclic amines) is 1. The van der Waals surface area contributed by atoms with Gasteiger partial charge in [0.05, 0.1) is 11.8 Å². The molecule has 2 aromatic heterocycles. The van der Waals surface area contributed by atoms with E-state index in [1.54, 1.807) is 17.1 Å². The molecular formula is C19H21N5O2. The Labute approximate surface area is 151 Å². The molecule has 3 aromatic rings. The quantitative estimate of drug-likeness (QED) is 0.720. The van der Waals surface area contributed by atoms with Crippen molar-refractivity contribution in [3.8, 4) is 11.4 Å². The van der Waals surface area contributed by atoms with Gasteiger partial charge in [-0.2, -0.15) is 10.1 Å². The first-order valence-electron chi connectivity index (χ1n) is 8.98. The van der Waals surface area contributed by atoms with Crippen molar-refractivity contribution in [2.75, 3.05) is 6.54 Å². The Morgan fingerprint density at radius 3 is 2.88 bits per heavy atom. The molecule has 0 saturated carbocycles. The lowest BCUT2D eigenvalue weighted by atomic mass is 10.0. The largest absolute Gasteiger partial charge is 0.337 e. The summed E-state index contributed by atoms with van der Waals surface area (Å²) in [7, 11) is 0. The third-order valence-corrected chi connectivity index (χ3v) is 4.73. The topological polar surface area (TPSA) is 77.0 Å². The maximum atomic E-state index is 13.0. The van der Waals surface area contributed by atoms with Crippen molar-refractivity contribution in [3.63, 3.8) is 0 Å². The summed E-state index contributed by atoms with van der Waals surface area (Å²) in [6.07, 6.45) is 6.25. The van der Waals surface area contributed by atoms with E-state index in [0.717, 1.165) is 31.4 Å². The van der Waals surface area contributed by atoms with Crippen LogP contribution in [0.25, 0.3) is 11.4 Å². The van der Waals surface area contributed by atoms with Gasteiger partial charge in [0.25, 0.3) is 5.91 Å². The zero-order valence-electron chi connectivity index (χ0n) is 14.7. The van der Waals surface area contributed by atoms with Crippen LogP contribution in [0.1, 0.15) is 48.5 Å². The van der Waals surface area contributed by atoms with Crippen molar-refractivity contribution in [2.45, 2.75) is 38.8 Å². The van der Waals surface area contributed by atoms with Gasteiger partial charge in [0.15, 0.2) is 0 Å². The van der Waals surface area contributed by atoms with E-state index >= 15 is 0 Å². The lowest BCUT2D eigenvalue weighted by Gasteiger charge is -2.33. The second-order valence-corrected chi connectivity index (χ2v) is 6.42. The van der Waals surface area contributed by atoms with E-state index in [2.05, 4.69) is 15.2 Å². The third kappa shape index (κ3) is 3.12. The standard InChI is InChI=1S/C19H21N5O2/c1-2-23-13-15(12-20-23)19(25)24-11-7-6-10-16(24)18-21-17(22-26-18)14-8-4-3-5-9-14/h3-5,8-9,12-13,16H,2,6-7,10-11H2,1H3. The summed E-state index contributed by atoms with van der Waals surface area (Å²) in [5.74, 6) is 1.02. The van der Waals surface area contributed by atoms with Crippen LogP contribution < -0.4 is 0 Å². The highest BCUT2D eigenvalue weighted by atomic mass is 16.5. The van der Waals surface area contributed by atoms with Crippen molar-refractivity contribution in [2.24, 2.45) is 0 Å². The normalized spacial score (nSPS) is 17.4. The average Bonchev–Trinajstić information content (AvgIpc) is 3.38. The molecule has 134 valence electrons. The Morgan fingerprint density at radius 2 is 2.12 bits per heavy atom. The number of hydrogen-bond donors (Lipinski definition) is 0. The number of benzene rings is 1. The molecule has 0 bridgehead atoms. The molecule has 4 rings (SSSR count). The average molecular weight is 351 g/mol. The van der Waals surface area contributed by atoms with E-state index in [4.69, 9.17) is 4.52 Å². The van der Waals surface area contributed by atoms with Gasteiger partial charge in [-0.25, -0.2) is 0 Å². The summed E-state index contributed by atoms with van der Waals surface area (Å²) >= 11 is 0. The Hall–Kier alpha value is -2.96. The lowest BCUT2D eigenvalue weighted by Crippen LogP contribution is -2.38. The molecule has 7 nitrogen and oxygen atoms in total. The minimum absolute atomic E-state index is 0.0335.